The molecule has 0 radical (unpaired) electrons. The Kier molecular flexibility index (Phi) is 4.18. The topological polar surface area (TPSA) is 46.2 Å². The predicted molar refractivity (Wildman–Crippen MR) is 63.0 cm³/mol. The molecule has 0 atom stereocenters. The first-order chi connectivity index (χ1) is 8.13. The first-order valence-corrected chi connectivity index (χ1v) is 6.42. The van der Waals surface area contributed by atoms with Gasteiger partial charge in [-0.3, -0.25) is 0 Å². The molecule has 1 aromatic rings. The molecule has 0 bridgehead atoms. The van der Waals surface area contributed by atoms with Crippen molar-refractivity contribution in [3.05, 3.63) is 42.0 Å². The summed E-state index contributed by atoms with van der Waals surface area (Å²) in [5.41, 5.74) is -3.19. The maximum atomic E-state index is 12.0. The van der Waals surface area contributed by atoms with Crippen LogP contribution in [0.4, 0.5) is 13.2 Å². The van der Waals surface area contributed by atoms with Crippen molar-refractivity contribution in [1.82, 2.24) is 4.72 Å². The van der Waals surface area contributed by atoms with Gasteiger partial charge in [0, 0.05) is 6.54 Å². The number of hydrogen-bond donors (Lipinski definition) is 1. The van der Waals surface area contributed by atoms with Crippen molar-refractivity contribution in [2.24, 2.45) is 0 Å². The van der Waals surface area contributed by atoms with E-state index in [4.69, 9.17) is 0 Å². The SMILES string of the molecule is C=C(C)c1ccc(CNS(=O)(=O)C(F)(F)F)cc1. The van der Waals surface area contributed by atoms with Crippen LogP contribution in [0.2, 0.25) is 0 Å². The Morgan fingerprint density at radius 3 is 2.17 bits per heavy atom. The van der Waals surface area contributed by atoms with Gasteiger partial charge in [-0.25, -0.2) is 13.1 Å². The standard InChI is InChI=1S/C11H12F3NO2S/c1-8(2)10-5-3-9(4-6-10)7-15-18(16,17)11(12,13)14/h3-6,15H,1,7H2,2H3. The van der Waals surface area contributed by atoms with Gasteiger partial charge in [0.15, 0.2) is 0 Å². The monoisotopic (exact) mass is 279 g/mol. The number of sulfonamides is 1. The van der Waals surface area contributed by atoms with Crippen molar-refractivity contribution in [3.8, 4) is 0 Å². The molecule has 100 valence electrons. The molecule has 0 heterocycles. The van der Waals surface area contributed by atoms with E-state index < -0.39 is 22.1 Å². The minimum atomic E-state index is -5.29. The van der Waals surface area contributed by atoms with Gasteiger partial charge in [-0.2, -0.15) is 13.2 Å². The number of benzene rings is 1. The summed E-state index contributed by atoms with van der Waals surface area (Å²) in [6.45, 7) is 5.10. The molecule has 0 saturated heterocycles. The number of alkyl halides is 3. The van der Waals surface area contributed by atoms with Gasteiger partial charge >= 0.3 is 15.5 Å². The Morgan fingerprint density at radius 2 is 1.78 bits per heavy atom. The molecule has 18 heavy (non-hydrogen) atoms. The number of halogens is 3. The van der Waals surface area contributed by atoms with Gasteiger partial charge in [0.1, 0.15) is 0 Å². The maximum absolute atomic E-state index is 12.0. The molecule has 1 N–H and O–H groups in total. The lowest BCUT2D eigenvalue weighted by Gasteiger charge is -2.09. The van der Waals surface area contributed by atoms with E-state index in [1.54, 1.807) is 31.2 Å². The van der Waals surface area contributed by atoms with Crippen molar-refractivity contribution in [3.63, 3.8) is 0 Å². The van der Waals surface area contributed by atoms with Crippen LogP contribution in [0.1, 0.15) is 18.1 Å². The van der Waals surface area contributed by atoms with Gasteiger partial charge in [0.05, 0.1) is 0 Å². The van der Waals surface area contributed by atoms with Gasteiger partial charge < -0.3 is 0 Å². The Hall–Kier alpha value is -1.34. The summed E-state index contributed by atoms with van der Waals surface area (Å²) in [4.78, 5) is 0. The molecule has 0 unspecified atom stereocenters. The van der Waals surface area contributed by atoms with Crippen LogP contribution in [-0.4, -0.2) is 13.9 Å². The van der Waals surface area contributed by atoms with Crippen LogP contribution in [0.25, 0.3) is 5.57 Å². The summed E-state index contributed by atoms with van der Waals surface area (Å²) in [5, 5.41) is 0. The number of hydrogen-bond acceptors (Lipinski definition) is 2. The summed E-state index contributed by atoms with van der Waals surface area (Å²) in [5.74, 6) is 0. The fraction of sp³-hybridized carbons (Fsp3) is 0.273. The van der Waals surface area contributed by atoms with E-state index in [0.717, 1.165) is 11.1 Å². The summed E-state index contributed by atoms with van der Waals surface area (Å²) in [6.07, 6.45) is 0. The lowest BCUT2D eigenvalue weighted by molar-refractivity contribution is -0.0448. The second-order valence-electron chi connectivity index (χ2n) is 3.75. The van der Waals surface area contributed by atoms with Gasteiger partial charge in [-0.1, -0.05) is 36.4 Å². The molecule has 0 aromatic heterocycles. The molecule has 0 fully saturated rings. The molecule has 0 aliphatic heterocycles. The van der Waals surface area contributed by atoms with Gasteiger partial charge in [0.25, 0.3) is 0 Å². The van der Waals surface area contributed by atoms with Crippen LogP contribution >= 0.6 is 0 Å². The first kappa shape index (κ1) is 14.7. The second kappa shape index (κ2) is 5.11. The highest BCUT2D eigenvalue weighted by atomic mass is 32.2. The first-order valence-electron chi connectivity index (χ1n) is 4.94. The normalized spacial score (nSPS) is 12.4. The quantitative estimate of drug-likeness (QED) is 0.921. The van der Waals surface area contributed by atoms with E-state index >= 15 is 0 Å². The van der Waals surface area contributed by atoms with Crippen LogP contribution in [0, 0.1) is 0 Å². The van der Waals surface area contributed by atoms with E-state index in [1.807, 2.05) is 0 Å². The third kappa shape index (κ3) is 3.58. The minimum Gasteiger partial charge on any atom is -0.203 e. The highest BCUT2D eigenvalue weighted by Gasteiger charge is 2.45. The van der Waals surface area contributed by atoms with Crippen LogP contribution < -0.4 is 4.72 Å². The molecule has 0 aliphatic carbocycles. The molecule has 0 spiro atoms. The van der Waals surface area contributed by atoms with Crippen molar-refractivity contribution < 1.29 is 21.6 Å². The van der Waals surface area contributed by atoms with Crippen molar-refractivity contribution >= 4 is 15.6 Å². The maximum Gasteiger partial charge on any atom is 0.511 e. The van der Waals surface area contributed by atoms with Crippen molar-refractivity contribution in [1.29, 1.82) is 0 Å². The Balaban J connectivity index is 2.74. The van der Waals surface area contributed by atoms with E-state index in [2.05, 4.69) is 6.58 Å². The Labute approximate surface area is 103 Å². The van der Waals surface area contributed by atoms with E-state index in [9.17, 15) is 21.6 Å². The van der Waals surface area contributed by atoms with Gasteiger partial charge in [-0.15, -0.1) is 0 Å². The lowest BCUT2D eigenvalue weighted by atomic mass is 10.1. The molecule has 3 nitrogen and oxygen atoms in total. The summed E-state index contributed by atoms with van der Waals surface area (Å²) < 4.78 is 59.1. The average molecular weight is 279 g/mol. The zero-order chi connectivity index (χ0) is 14.0. The van der Waals surface area contributed by atoms with Crippen LogP contribution in [0.5, 0.6) is 0 Å². The predicted octanol–water partition coefficient (Wildman–Crippen LogP) is 2.66. The fourth-order valence-electron chi connectivity index (χ4n) is 1.17. The average Bonchev–Trinajstić information content (AvgIpc) is 2.25. The molecule has 0 aliphatic rings. The molecule has 1 rings (SSSR count). The van der Waals surface area contributed by atoms with Crippen LogP contribution in [-0.2, 0) is 16.6 Å². The third-order valence-electron chi connectivity index (χ3n) is 2.22. The second-order valence-corrected chi connectivity index (χ2v) is 5.51. The zero-order valence-electron chi connectivity index (χ0n) is 9.58. The highest BCUT2D eigenvalue weighted by Crippen LogP contribution is 2.22. The minimum absolute atomic E-state index is 0.404. The van der Waals surface area contributed by atoms with Crippen LogP contribution in [0.3, 0.4) is 0 Å². The summed E-state index contributed by atoms with van der Waals surface area (Å²) in [7, 11) is -5.29. The number of rotatable bonds is 4. The molecular weight excluding hydrogens is 267 g/mol. The Morgan fingerprint density at radius 1 is 1.28 bits per heavy atom. The molecule has 0 saturated carbocycles. The highest BCUT2D eigenvalue weighted by molar-refractivity contribution is 7.90. The number of nitrogens with one attached hydrogen (secondary N) is 1. The summed E-state index contributed by atoms with van der Waals surface area (Å²) >= 11 is 0. The summed E-state index contributed by atoms with van der Waals surface area (Å²) in [6, 6.07) is 6.42. The Bertz CT molecular complexity index is 532. The van der Waals surface area contributed by atoms with Crippen molar-refractivity contribution in [2.75, 3.05) is 0 Å². The van der Waals surface area contributed by atoms with E-state index in [-0.39, 0.29) is 0 Å². The molecule has 1 aromatic carbocycles. The van der Waals surface area contributed by atoms with Crippen molar-refractivity contribution in [2.45, 2.75) is 19.0 Å². The zero-order valence-corrected chi connectivity index (χ0v) is 10.4. The smallest absolute Gasteiger partial charge is 0.203 e. The van der Waals surface area contributed by atoms with E-state index in [0.29, 0.717) is 5.56 Å². The lowest BCUT2D eigenvalue weighted by Crippen LogP contribution is -2.35. The van der Waals surface area contributed by atoms with Gasteiger partial charge in [-0.05, 0) is 18.1 Å². The van der Waals surface area contributed by atoms with Crippen LogP contribution in [0.15, 0.2) is 30.8 Å². The molecule has 7 heteroatoms. The third-order valence-corrected chi connectivity index (χ3v) is 3.35. The van der Waals surface area contributed by atoms with E-state index in [1.165, 1.54) is 4.72 Å². The van der Waals surface area contributed by atoms with Gasteiger partial charge in [0.2, 0.25) is 0 Å². The largest absolute Gasteiger partial charge is 0.511 e. The molecule has 0 amide bonds. The molecular formula is C11H12F3NO2S. The number of allylic oxidation sites excluding steroid dienone is 1. The fourth-order valence-corrected chi connectivity index (χ4v) is 1.69.